The molecule has 112 valence electrons. The smallest absolute Gasteiger partial charge is 0.248 e. The van der Waals surface area contributed by atoms with Gasteiger partial charge in [-0.2, -0.15) is 4.31 Å². The standard InChI is InChI=1S/C13H21N3O3S/c1-13(2,3)15-6-8-16(9-7-15)20(18,19)12-10-14-5-4-11(12)17/h4-5,10H,6-9H2,1-3H3,(H,14,17). The van der Waals surface area contributed by atoms with Crippen LogP contribution in [0.5, 0.6) is 0 Å². The van der Waals surface area contributed by atoms with E-state index in [1.54, 1.807) is 0 Å². The van der Waals surface area contributed by atoms with Gasteiger partial charge in [0.25, 0.3) is 0 Å². The van der Waals surface area contributed by atoms with Gasteiger partial charge in [-0.3, -0.25) is 9.69 Å². The fraction of sp³-hybridized carbons (Fsp3) is 0.615. The molecule has 0 spiro atoms. The normalized spacial score (nSPS) is 19.1. The molecule has 0 aliphatic carbocycles. The van der Waals surface area contributed by atoms with Gasteiger partial charge in [0, 0.05) is 50.2 Å². The van der Waals surface area contributed by atoms with Gasteiger partial charge in [-0.15, -0.1) is 0 Å². The zero-order valence-corrected chi connectivity index (χ0v) is 12.9. The highest BCUT2D eigenvalue weighted by atomic mass is 32.2. The lowest BCUT2D eigenvalue weighted by molar-refractivity contribution is 0.0921. The van der Waals surface area contributed by atoms with Crippen molar-refractivity contribution < 1.29 is 8.42 Å². The van der Waals surface area contributed by atoms with Gasteiger partial charge in [0.05, 0.1) is 0 Å². The fourth-order valence-electron chi connectivity index (χ4n) is 2.34. The maximum atomic E-state index is 12.5. The molecule has 0 saturated carbocycles. The number of rotatable bonds is 2. The van der Waals surface area contributed by atoms with Crippen LogP contribution < -0.4 is 5.43 Å². The van der Waals surface area contributed by atoms with Crippen molar-refractivity contribution in [2.75, 3.05) is 26.2 Å². The molecule has 20 heavy (non-hydrogen) atoms. The SMILES string of the molecule is CC(C)(C)N1CCN(S(=O)(=O)c2c[nH]ccc2=O)CC1. The molecule has 1 aliphatic rings. The number of aromatic nitrogens is 1. The van der Waals surface area contributed by atoms with Gasteiger partial charge in [0.2, 0.25) is 15.5 Å². The van der Waals surface area contributed by atoms with E-state index in [1.165, 1.54) is 22.8 Å². The highest BCUT2D eigenvalue weighted by molar-refractivity contribution is 7.89. The van der Waals surface area contributed by atoms with Crippen molar-refractivity contribution in [3.05, 3.63) is 28.7 Å². The van der Waals surface area contributed by atoms with Crippen molar-refractivity contribution in [3.63, 3.8) is 0 Å². The predicted octanol–water partition coefficient (Wildman–Crippen LogP) is 0.480. The van der Waals surface area contributed by atoms with Crippen LogP contribution in [0.3, 0.4) is 0 Å². The number of aromatic amines is 1. The number of hydrogen-bond acceptors (Lipinski definition) is 4. The number of piperazine rings is 1. The summed E-state index contributed by atoms with van der Waals surface area (Å²) in [5, 5.41) is 0. The maximum absolute atomic E-state index is 12.5. The lowest BCUT2D eigenvalue weighted by Crippen LogP contribution is -2.54. The minimum absolute atomic E-state index is 0.0278. The minimum atomic E-state index is -3.70. The van der Waals surface area contributed by atoms with Crippen molar-refractivity contribution in [3.8, 4) is 0 Å². The summed E-state index contributed by atoms with van der Waals surface area (Å²) in [4.78, 5) is 16.4. The van der Waals surface area contributed by atoms with Crippen LogP contribution in [0, 0.1) is 0 Å². The van der Waals surface area contributed by atoms with Crippen molar-refractivity contribution in [2.45, 2.75) is 31.2 Å². The monoisotopic (exact) mass is 299 g/mol. The Balaban J connectivity index is 2.18. The summed E-state index contributed by atoms with van der Waals surface area (Å²) < 4.78 is 26.3. The fourth-order valence-corrected chi connectivity index (χ4v) is 3.80. The number of nitrogens with zero attached hydrogens (tertiary/aromatic N) is 2. The summed E-state index contributed by atoms with van der Waals surface area (Å²) in [6.45, 7) is 8.50. The Morgan fingerprint density at radius 2 is 1.75 bits per heavy atom. The van der Waals surface area contributed by atoms with Crippen molar-refractivity contribution >= 4 is 10.0 Å². The third kappa shape index (κ3) is 2.94. The highest BCUT2D eigenvalue weighted by Gasteiger charge is 2.33. The van der Waals surface area contributed by atoms with Gasteiger partial charge in [-0.25, -0.2) is 8.42 Å². The van der Waals surface area contributed by atoms with Gasteiger partial charge in [0.1, 0.15) is 4.90 Å². The molecule has 1 aromatic heterocycles. The summed E-state index contributed by atoms with van der Waals surface area (Å²) in [6, 6.07) is 1.23. The molecule has 2 rings (SSSR count). The summed E-state index contributed by atoms with van der Waals surface area (Å²) >= 11 is 0. The maximum Gasteiger partial charge on any atom is 0.248 e. The number of sulfonamides is 1. The van der Waals surface area contributed by atoms with Crippen LogP contribution >= 0.6 is 0 Å². The third-order valence-corrected chi connectivity index (χ3v) is 5.51. The summed E-state index contributed by atoms with van der Waals surface area (Å²) in [5.41, 5.74) is -0.443. The van der Waals surface area contributed by atoms with Gasteiger partial charge in [0.15, 0.2) is 0 Å². The Bertz CT molecular complexity index is 623. The summed E-state index contributed by atoms with van der Waals surface area (Å²) in [5.74, 6) is 0. The van der Waals surface area contributed by atoms with E-state index in [0.29, 0.717) is 26.2 Å². The number of H-pyrrole nitrogens is 1. The first-order valence-electron chi connectivity index (χ1n) is 6.65. The van der Waals surface area contributed by atoms with Crippen LogP contribution in [-0.4, -0.2) is 54.3 Å². The Morgan fingerprint density at radius 1 is 1.15 bits per heavy atom. The molecule has 6 nitrogen and oxygen atoms in total. The molecule has 1 aromatic rings. The van der Waals surface area contributed by atoms with Crippen LogP contribution in [-0.2, 0) is 10.0 Å². The molecular formula is C13H21N3O3S. The largest absolute Gasteiger partial charge is 0.366 e. The zero-order chi connectivity index (χ0) is 15.0. The van der Waals surface area contributed by atoms with Crippen LogP contribution in [0.1, 0.15) is 20.8 Å². The minimum Gasteiger partial charge on any atom is -0.366 e. The molecule has 1 fully saturated rings. The molecule has 1 N–H and O–H groups in total. The van der Waals surface area contributed by atoms with Gasteiger partial charge in [-0.05, 0) is 20.8 Å². The lowest BCUT2D eigenvalue weighted by Gasteiger charge is -2.41. The molecule has 0 aromatic carbocycles. The van der Waals surface area contributed by atoms with E-state index in [4.69, 9.17) is 0 Å². The average molecular weight is 299 g/mol. The molecule has 0 unspecified atom stereocenters. The lowest BCUT2D eigenvalue weighted by atomic mass is 10.1. The molecule has 0 radical (unpaired) electrons. The van der Waals surface area contributed by atoms with E-state index in [9.17, 15) is 13.2 Å². The zero-order valence-electron chi connectivity index (χ0n) is 12.1. The molecule has 0 atom stereocenters. The Morgan fingerprint density at radius 3 is 2.25 bits per heavy atom. The molecule has 7 heteroatoms. The van der Waals surface area contributed by atoms with Crippen LogP contribution in [0.4, 0.5) is 0 Å². The Hall–Kier alpha value is -1.18. The third-order valence-electron chi connectivity index (χ3n) is 3.59. The van der Waals surface area contributed by atoms with Crippen molar-refractivity contribution in [2.24, 2.45) is 0 Å². The quantitative estimate of drug-likeness (QED) is 0.862. The summed E-state index contributed by atoms with van der Waals surface area (Å²) in [7, 11) is -3.70. The van der Waals surface area contributed by atoms with E-state index < -0.39 is 15.5 Å². The van der Waals surface area contributed by atoms with E-state index in [-0.39, 0.29) is 10.4 Å². The molecular weight excluding hydrogens is 278 g/mol. The Kier molecular flexibility index (Phi) is 4.04. The van der Waals surface area contributed by atoms with Crippen LogP contribution in [0.25, 0.3) is 0 Å². The second-order valence-electron chi connectivity index (χ2n) is 5.93. The predicted molar refractivity (Wildman–Crippen MR) is 77.1 cm³/mol. The molecule has 0 amide bonds. The average Bonchev–Trinajstić information content (AvgIpc) is 2.38. The second-order valence-corrected chi connectivity index (χ2v) is 7.84. The molecule has 2 heterocycles. The molecule has 1 saturated heterocycles. The first kappa shape index (κ1) is 15.2. The topological polar surface area (TPSA) is 73.5 Å². The number of pyridine rings is 1. The van der Waals surface area contributed by atoms with Crippen molar-refractivity contribution in [1.82, 2.24) is 14.2 Å². The van der Waals surface area contributed by atoms with Crippen LogP contribution in [0.15, 0.2) is 28.2 Å². The van der Waals surface area contributed by atoms with E-state index >= 15 is 0 Å². The molecule has 1 aliphatic heterocycles. The highest BCUT2D eigenvalue weighted by Crippen LogP contribution is 2.19. The molecule has 0 bridgehead atoms. The number of nitrogens with one attached hydrogen (secondary N) is 1. The van der Waals surface area contributed by atoms with E-state index in [0.717, 1.165) is 0 Å². The van der Waals surface area contributed by atoms with E-state index in [1.807, 2.05) is 0 Å². The summed E-state index contributed by atoms with van der Waals surface area (Å²) in [6.07, 6.45) is 2.69. The van der Waals surface area contributed by atoms with Gasteiger partial charge in [-0.1, -0.05) is 0 Å². The van der Waals surface area contributed by atoms with Crippen molar-refractivity contribution in [1.29, 1.82) is 0 Å². The van der Waals surface area contributed by atoms with Crippen LogP contribution in [0.2, 0.25) is 0 Å². The first-order chi connectivity index (χ1) is 9.23. The van der Waals surface area contributed by atoms with Gasteiger partial charge >= 0.3 is 0 Å². The first-order valence-corrected chi connectivity index (χ1v) is 8.09. The Labute approximate surface area is 119 Å². The van der Waals surface area contributed by atoms with Gasteiger partial charge < -0.3 is 4.98 Å². The van der Waals surface area contributed by atoms with E-state index in [2.05, 4.69) is 30.7 Å². The number of hydrogen-bond donors (Lipinski definition) is 1. The second kappa shape index (κ2) is 5.31.